The number of hydrogen-bond acceptors (Lipinski definition) is 6. The number of nitriles is 1. The van der Waals surface area contributed by atoms with Crippen LogP contribution in [0.1, 0.15) is 32.4 Å². The number of anilines is 1. The van der Waals surface area contributed by atoms with Crippen molar-refractivity contribution in [1.29, 1.82) is 5.26 Å². The van der Waals surface area contributed by atoms with Gasteiger partial charge in [-0.15, -0.1) is 0 Å². The summed E-state index contributed by atoms with van der Waals surface area (Å²) in [5, 5.41) is 12.3. The zero-order chi connectivity index (χ0) is 18.5. The lowest BCUT2D eigenvalue weighted by molar-refractivity contribution is -0.136. The molecule has 0 bridgehead atoms. The maximum atomic E-state index is 12.5. The van der Waals surface area contributed by atoms with Crippen molar-refractivity contribution in [3.63, 3.8) is 0 Å². The Bertz CT molecular complexity index is 813. The molecular weight excluding hydrogens is 330 g/mol. The van der Waals surface area contributed by atoms with E-state index in [2.05, 4.69) is 15.3 Å². The highest BCUT2D eigenvalue weighted by atomic mass is 16.5. The molecule has 1 aromatic heterocycles. The minimum atomic E-state index is -0.205. The molecule has 0 spiro atoms. The zero-order valence-electron chi connectivity index (χ0n) is 14.8. The third-order valence-corrected chi connectivity index (χ3v) is 4.28. The summed E-state index contributed by atoms with van der Waals surface area (Å²) >= 11 is 0. The Morgan fingerprint density at radius 1 is 1.27 bits per heavy atom. The van der Waals surface area contributed by atoms with E-state index >= 15 is 0 Å². The van der Waals surface area contributed by atoms with Crippen molar-refractivity contribution in [3.05, 3.63) is 42.4 Å². The van der Waals surface area contributed by atoms with Gasteiger partial charge in [-0.25, -0.2) is 9.97 Å². The van der Waals surface area contributed by atoms with E-state index in [1.165, 1.54) is 12.4 Å². The van der Waals surface area contributed by atoms with Gasteiger partial charge in [-0.2, -0.15) is 5.26 Å². The summed E-state index contributed by atoms with van der Waals surface area (Å²) in [4.78, 5) is 22.4. The Balaban J connectivity index is 1.66. The molecule has 1 atom stereocenters. The quantitative estimate of drug-likeness (QED) is 0.890. The van der Waals surface area contributed by atoms with Gasteiger partial charge in [0.25, 0.3) is 5.88 Å². The van der Waals surface area contributed by atoms with E-state index < -0.39 is 0 Å². The van der Waals surface area contributed by atoms with Crippen LogP contribution in [-0.2, 0) is 4.79 Å². The number of carbonyl (C=O) groups is 1. The molecule has 1 aromatic carbocycles. The molecule has 134 valence electrons. The average molecular weight is 351 g/mol. The smallest absolute Gasteiger partial charge is 0.256 e. The van der Waals surface area contributed by atoms with Crippen molar-refractivity contribution in [2.24, 2.45) is 0 Å². The monoisotopic (exact) mass is 351 g/mol. The number of rotatable bonds is 5. The summed E-state index contributed by atoms with van der Waals surface area (Å²) in [5.41, 5.74) is 0.984. The fourth-order valence-corrected chi connectivity index (χ4v) is 2.95. The summed E-state index contributed by atoms with van der Waals surface area (Å²) in [6, 6.07) is 9.19. The van der Waals surface area contributed by atoms with E-state index in [4.69, 9.17) is 10.00 Å². The molecule has 26 heavy (non-hydrogen) atoms. The molecule has 1 amide bonds. The van der Waals surface area contributed by atoms with Crippen LogP contribution in [0.4, 0.5) is 5.69 Å². The first-order chi connectivity index (χ1) is 12.6. The van der Waals surface area contributed by atoms with E-state index in [0.29, 0.717) is 5.75 Å². The highest BCUT2D eigenvalue weighted by Gasteiger charge is 2.29. The molecule has 1 N–H and O–H groups in total. The van der Waals surface area contributed by atoms with Gasteiger partial charge >= 0.3 is 0 Å². The molecule has 1 fully saturated rings. The first kappa shape index (κ1) is 17.7. The first-order valence-corrected chi connectivity index (χ1v) is 8.64. The molecule has 1 unspecified atom stereocenters. The standard InChI is InChI=1S/C19H21N5O2/c1-13(2)24-11-3-4-16(19(24)25)23-14-5-7-15(8-6-14)26-18-17(12-20)21-9-10-22-18/h5-10,13,16,23H,3-4,11H2,1-2H3. The van der Waals surface area contributed by atoms with Gasteiger partial charge in [0.15, 0.2) is 0 Å². The number of likely N-dealkylation sites (tertiary alicyclic amines) is 1. The Morgan fingerprint density at radius 2 is 2.00 bits per heavy atom. The van der Waals surface area contributed by atoms with E-state index in [-0.39, 0.29) is 29.6 Å². The number of piperidine rings is 1. The fraction of sp³-hybridized carbons (Fsp3) is 0.368. The van der Waals surface area contributed by atoms with Crippen LogP contribution >= 0.6 is 0 Å². The molecule has 1 aliphatic heterocycles. The fourth-order valence-electron chi connectivity index (χ4n) is 2.95. The number of aromatic nitrogens is 2. The highest BCUT2D eigenvalue weighted by Crippen LogP contribution is 2.24. The lowest BCUT2D eigenvalue weighted by atomic mass is 10.0. The molecule has 3 rings (SSSR count). The number of benzene rings is 1. The molecule has 0 saturated carbocycles. The summed E-state index contributed by atoms with van der Waals surface area (Å²) in [7, 11) is 0. The van der Waals surface area contributed by atoms with E-state index in [0.717, 1.165) is 25.1 Å². The second-order valence-corrected chi connectivity index (χ2v) is 6.41. The summed E-state index contributed by atoms with van der Waals surface area (Å²) in [5.74, 6) is 0.863. The SMILES string of the molecule is CC(C)N1CCCC(Nc2ccc(Oc3nccnc3C#N)cc2)C1=O. The Morgan fingerprint density at radius 3 is 2.69 bits per heavy atom. The van der Waals surface area contributed by atoms with Crippen LogP contribution in [-0.4, -0.2) is 39.4 Å². The normalized spacial score (nSPS) is 17.1. The summed E-state index contributed by atoms with van der Waals surface area (Å²) in [6.45, 7) is 4.89. The van der Waals surface area contributed by atoms with Gasteiger partial charge in [0, 0.05) is 30.7 Å². The largest absolute Gasteiger partial charge is 0.436 e. The van der Waals surface area contributed by atoms with Gasteiger partial charge in [0.2, 0.25) is 11.6 Å². The molecule has 2 heterocycles. The van der Waals surface area contributed by atoms with Gasteiger partial charge in [0.1, 0.15) is 17.9 Å². The third-order valence-electron chi connectivity index (χ3n) is 4.28. The average Bonchev–Trinajstić information content (AvgIpc) is 2.65. The predicted molar refractivity (Wildman–Crippen MR) is 96.8 cm³/mol. The van der Waals surface area contributed by atoms with Crippen molar-refractivity contribution in [2.45, 2.75) is 38.8 Å². The topological polar surface area (TPSA) is 91.1 Å². The maximum absolute atomic E-state index is 12.5. The summed E-state index contributed by atoms with van der Waals surface area (Å²) in [6.07, 6.45) is 4.74. The number of hydrogen-bond donors (Lipinski definition) is 1. The molecule has 2 aromatic rings. The van der Waals surface area contributed by atoms with Crippen molar-refractivity contribution < 1.29 is 9.53 Å². The molecular formula is C19H21N5O2. The zero-order valence-corrected chi connectivity index (χ0v) is 14.8. The first-order valence-electron chi connectivity index (χ1n) is 8.64. The number of nitrogens with one attached hydrogen (secondary N) is 1. The third kappa shape index (κ3) is 3.91. The Kier molecular flexibility index (Phi) is 5.32. The van der Waals surface area contributed by atoms with Gasteiger partial charge in [0.05, 0.1) is 0 Å². The van der Waals surface area contributed by atoms with E-state index in [1.807, 2.05) is 36.9 Å². The van der Waals surface area contributed by atoms with Gasteiger partial charge in [-0.1, -0.05) is 0 Å². The second-order valence-electron chi connectivity index (χ2n) is 6.41. The van der Waals surface area contributed by atoms with Crippen molar-refractivity contribution in [1.82, 2.24) is 14.9 Å². The molecule has 1 aliphatic rings. The van der Waals surface area contributed by atoms with Crippen LogP contribution in [0, 0.1) is 11.3 Å². The number of carbonyl (C=O) groups excluding carboxylic acids is 1. The number of ether oxygens (including phenoxy) is 1. The Labute approximate surface area is 152 Å². The maximum Gasteiger partial charge on any atom is 0.256 e. The van der Waals surface area contributed by atoms with Crippen LogP contribution in [0.5, 0.6) is 11.6 Å². The lowest BCUT2D eigenvalue weighted by Crippen LogP contribution is -2.50. The number of nitrogens with zero attached hydrogens (tertiary/aromatic N) is 4. The molecule has 0 radical (unpaired) electrons. The highest BCUT2D eigenvalue weighted by molar-refractivity contribution is 5.85. The number of amides is 1. The van der Waals surface area contributed by atoms with Crippen molar-refractivity contribution >= 4 is 11.6 Å². The summed E-state index contributed by atoms with van der Waals surface area (Å²) < 4.78 is 5.62. The van der Waals surface area contributed by atoms with Gasteiger partial charge < -0.3 is 15.0 Å². The molecule has 1 saturated heterocycles. The van der Waals surface area contributed by atoms with E-state index in [1.54, 1.807) is 12.1 Å². The predicted octanol–water partition coefficient (Wildman–Crippen LogP) is 2.95. The molecule has 7 heteroatoms. The molecule has 7 nitrogen and oxygen atoms in total. The van der Waals surface area contributed by atoms with Crippen LogP contribution < -0.4 is 10.1 Å². The van der Waals surface area contributed by atoms with Gasteiger partial charge in [-0.3, -0.25) is 4.79 Å². The second kappa shape index (κ2) is 7.83. The van der Waals surface area contributed by atoms with Crippen LogP contribution in [0.3, 0.4) is 0 Å². The van der Waals surface area contributed by atoms with Crippen LogP contribution in [0.25, 0.3) is 0 Å². The molecule has 0 aliphatic carbocycles. The minimum Gasteiger partial charge on any atom is -0.436 e. The van der Waals surface area contributed by atoms with Crippen LogP contribution in [0.2, 0.25) is 0 Å². The Hall–Kier alpha value is -3.14. The van der Waals surface area contributed by atoms with Crippen molar-refractivity contribution in [3.8, 4) is 17.7 Å². The van der Waals surface area contributed by atoms with Crippen molar-refractivity contribution in [2.75, 3.05) is 11.9 Å². The minimum absolute atomic E-state index is 0.135. The van der Waals surface area contributed by atoms with Gasteiger partial charge in [-0.05, 0) is 51.0 Å². The van der Waals surface area contributed by atoms with Crippen LogP contribution in [0.15, 0.2) is 36.7 Å². The lowest BCUT2D eigenvalue weighted by Gasteiger charge is -2.35. The van der Waals surface area contributed by atoms with E-state index in [9.17, 15) is 4.79 Å².